The summed E-state index contributed by atoms with van der Waals surface area (Å²) in [6, 6.07) is 9.77. The maximum absolute atomic E-state index is 5.86. The molecule has 1 aromatic heterocycles. The molecule has 0 aliphatic rings. The molecule has 0 aliphatic carbocycles. The second-order valence-electron chi connectivity index (χ2n) is 3.37. The highest BCUT2D eigenvalue weighted by Crippen LogP contribution is 2.32. The number of para-hydroxylation sites is 1. The number of rotatable bonds is 4. The van der Waals surface area contributed by atoms with E-state index in [4.69, 9.17) is 16.3 Å². The molecule has 0 amide bonds. The number of aromatic nitrogens is 1. The summed E-state index contributed by atoms with van der Waals surface area (Å²) in [5.41, 5.74) is 0.942. The zero-order valence-corrected chi connectivity index (χ0v) is 11.0. The van der Waals surface area contributed by atoms with E-state index in [1.165, 1.54) is 0 Å². The van der Waals surface area contributed by atoms with Gasteiger partial charge in [-0.3, -0.25) is 4.98 Å². The number of nitrogens with zero attached hydrogens (tertiary/aromatic N) is 1. The van der Waals surface area contributed by atoms with Gasteiger partial charge in [-0.15, -0.1) is 23.4 Å². The predicted octanol–water partition coefficient (Wildman–Crippen LogP) is 4.33. The Hall–Kier alpha value is -1.19. The van der Waals surface area contributed by atoms with Crippen LogP contribution in [0.4, 0.5) is 0 Å². The lowest BCUT2D eigenvalue weighted by Gasteiger charge is -2.11. The van der Waals surface area contributed by atoms with Crippen molar-refractivity contribution in [1.82, 2.24) is 4.98 Å². The van der Waals surface area contributed by atoms with Gasteiger partial charge < -0.3 is 4.74 Å². The van der Waals surface area contributed by atoms with E-state index < -0.39 is 0 Å². The summed E-state index contributed by atoms with van der Waals surface area (Å²) in [6.07, 6.45) is 5.42. The molecule has 0 aliphatic heterocycles. The Labute approximate surface area is 110 Å². The van der Waals surface area contributed by atoms with E-state index in [2.05, 4.69) is 4.98 Å². The molecule has 0 radical (unpaired) electrons. The Morgan fingerprint density at radius 1 is 1.24 bits per heavy atom. The third kappa shape index (κ3) is 2.93. The molecule has 0 bridgehead atoms. The molecular weight excluding hydrogens is 254 g/mol. The van der Waals surface area contributed by atoms with Gasteiger partial charge in [-0.1, -0.05) is 12.1 Å². The van der Waals surface area contributed by atoms with Crippen LogP contribution in [0.1, 0.15) is 5.56 Å². The Morgan fingerprint density at radius 2 is 2.06 bits per heavy atom. The summed E-state index contributed by atoms with van der Waals surface area (Å²) < 4.78 is 5.85. The van der Waals surface area contributed by atoms with Crippen molar-refractivity contribution in [3.63, 3.8) is 0 Å². The van der Waals surface area contributed by atoms with E-state index in [-0.39, 0.29) is 0 Å². The van der Waals surface area contributed by atoms with Gasteiger partial charge in [0.1, 0.15) is 11.5 Å². The molecule has 2 nitrogen and oxygen atoms in total. The molecule has 2 aromatic rings. The van der Waals surface area contributed by atoms with Crippen molar-refractivity contribution < 1.29 is 4.74 Å². The first kappa shape index (κ1) is 12.3. The maximum Gasteiger partial charge on any atom is 0.150 e. The van der Waals surface area contributed by atoms with E-state index in [1.54, 1.807) is 24.2 Å². The van der Waals surface area contributed by atoms with Crippen molar-refractivity contribution in [2.24, 2.45) is 0 Å². The number of alkyl halides is 1. The highest BCUT2D eigenvalue weighted by molar-refractivity contribution is 7.98. The Balaban J connectivity index is 2.31. The van der Waals surface area contributed by atoms with Gasteiger partial charge in [0.05, 0.1) is 12.1 Å². The first-order valence-corrected chi connectivity index (χ1v) is 6.91. The summed E-state index contributed by atoms with van der Waals surface area (Å²) in [7, 11) is 0. The van der Waals surface area contributed by atoms with Gasteiger partial charge in [0.25, 0.3) is 0 Å². The number of ether oxygens (including phenoxy) is 1. The highest BCUT2D eigenvalue weighted by Gasteiger charge is 2.07. The predicted molar refractivity (Wildman–Crippen MR) is 72.1 cm³/mol. The molecule has 0 spiro atoms. The molecule has 0 N–H and O–H groups in total. The van der Waals surface area contributed by atoms with Gasteiger partial charge in [0, 0.05) is 16.7 Å². The van der Waals surface area contributed by atoms with E-state index in [1.807, 2.05) is 36.6 Å². The first-order chi connectivity index (χ1) is 8.35. The summed E-state index contributed by atoms with van der Waals surface area (Å²) in [4.78, 5) is 5.15. The van der Waals surface area contributed by atoms with Crippen molar-refractivity contribution in [3.8, 4) is 11.5 Å². The van der Waals surface area contributed by atoms with E-state index in [9.17, 15) is 0 Å². The summed E-state index contributed by atoms with van der Waals surface area (Å²) in [6.45, 7) is 0. The fraction of sp³-hybridized carbons (Fsp3) is 0.154. The minimum Gasteiger partial charge on any atom is -0.454 e. The van der Waals surface area contributed by atoms with Crippen LogP contribution in [0, 0.1) is 0 Å². The van der Waals surface area contributed by atoms with Crippen molar-refractivity contribution in [1.29, 1.82) is 0 Å². The first-order valence-electron chi connectivity index (χ1n) is 5.15. The number of thioether (sulfide) groups is 1. The van der Waals surface area contributed by atoms with Crippen molar-refractivity contribution in [2.75, 3.05) is 6.26 Å². The minimum atomic E-state index is 0.416. The Bertz CT molecular complexity index is 459. The van der Waals surface area contributed by atoms with Gasteiger partial charge in [-0.05, 0) is 24.5 Å². The summed E-state index contributed by atoms with van der Waals surface area (Å²) in [5.74, 6) is 1.96. The van der Waals surface area contributed by atoms with Gasteiger partial charge in [-0.2, -0.15) is 0 Å². The van der Waals surface area contributed by atoms with Crippen LogP contribution in [0.15, 0.2) is 47.6 Å². The largest absolute Gasteiger partial charge is 0.454 e. The maximum atomic E-state index is 5.86. The van der Waals surface area contributed by atoms with E-state index >= 15 is 0 Å². The molecule has 1 heterocycles. The molecule has 0 saturated heterocycles. The molecule has 0 fully saturated rings. The van der Waals surface area contributed by atoms with Crippen molar-refractivity contribution in [3.05, 3.63) is 48.3 Å². The number of hydrogen-bond acceptors (Lipinski definition) is 3. The fourth-order valence-corrected chi connectivity index (χ4v) is 2.18. The van der Waals surface area contributed by atoms with Crippen molar-refractivity contribution in [2.45, 2.75) is 10.8 Å². The zero-order chi connectivity index (χ0) is 12.1. The van der Waals surface area contributed by atoms with Crippen LogP contribution in [-0.4, -0.2) is 11.2 Å². The third-order valence-electron chi connectivity index (χ3n) is 2.30. The second-order valence-corrected chi connectivity index (χ2v) is 4.49. The van der Waals surface area contributed by atoms with Crippen LogP contribution in [0.3, 0.4) is 0 Å². The molecule has 0 atom stereocenters. The SMILES string of the molecule is CSc1ccccc1Oc1cnccc1CCl. The standard InChI is InChI=1S/C13H12ClNOS/c1-17-13-5-3-2-4-11(13)16-12-9-15-7-6-10(12)8-14/h2-7,9H,8H2,1H3. The monoisotopic (exact) mass is 265 g/mol. The number of pyridine rings is 1. The Morgan fingerprint density at radius 3 is 2.82 bits per heavy atom. The van der Waals surface area contributed by atoms with E-state index in [0.29, 0.717) is 11.6 Å². The van der Waals surface area contributed by atoms with Crippen LogP contribution in [0.2, 0.25) is 0 Å². The number of hydrogen-bond donors (Lipinski definition) is 0. The molecule has 17 heavy (non-hydrogen) atoms. The van der Waals surface area contributed by atoms with Crippen LogP contribution < -0.4 is 4.74 Å². The molecular formula is C13H12ClNOS. The third-order valence-corrected chi connectivity index (χ3v) is 3.37. The van der Waals surface area contributed by atoms with Crippen LogP contribution in [0.5, 0.6) is 11.5 Å². The summed E-state index contributed by atoms with van der Waals surface area (Å²) >= 11 is 7.51. The van der Waals surface area contributed by atoms with Crippen molar-refractivity contribution >= 4 is 23.4 Å². The zero-order valence-electron chi connectivity index (χ0n) is 9.39. The average Bonchev–Trinajstić information content (AvgIpc) is 2.40. The number of benzene rings is 1. The normalized spacial score (nSPS) is 10.2. The lowest BCUT2D eigenvalue weighted by atomic mass is 10.3. The van der Waals surface area contributed by atoms with Crippen LogP contribution >= 0.6 is 23.4 Å². The van der Waals surface area contributed by atoms with E-state index in [0.717, 1.165) is 16.2 Å². The Kier molecular flexibility index (Phi) is 4.29. The summed E-state index contributed by atoms with van der Waals surface area (Å²) in [5, 5.41) is 0. The molecule has 4 heteroatoms. The molecule has 0 unspecified atom stereocenters. The molecule has 1 aromatic carbocycles. The molecule has 0 saturated carbocycles. The second kappa shape index (κ2) is 5.94. The van der Waals surface area contributed by atoms with Crippen LogP contribution in [-0.2, 0) is 5.88 Å². The lowest BCUT2D eigenvalue weighted by Crippen LogP contribution is -1.91. The van der Waals surface area contributed by atoms with Crippen LogP contribution in [0.25, 0.3) is 0 Å². The smallest absolute Gasteiger partial charge is 0.150 e. The van der Waals surface area contributed by atoms with Gasteiger partial charge in [0.2, 0.25) is 0 Å². The topological polar surface area (TPSA) is 22.1 Å². The van der Waals surface area contributed by atoms with Gasteiger partial charge in [-0.25, -0.2) is 0 Å². The molecule has 2 rings (SSSR count). The molecule has 88 valence electrons. The average molecular weight is 266 g/mol. The quantitative estimate of drug-likeness (QED) is 0.607. The number of halogens is 1. The fourth-order valence-electron chi connectivity index (χ4n) is 1.43. The van der Waals surface area contributed by atoms with Gasteiger partial charge in [0.15, 0.2) is 0 Å². The minimum absolute atomic E-state index is 0.416. The lowest BCUT2D eigenvalue weighted by molar-refractivity contribution is 0.465. The highest BCUT2D eigenvalue weighted by atomic mass is 35.5. The van der Waals surface area contributed by atoms with Gasteiger partial charge >= 0.3 is 0 Å².